The Morgan fingerprint density at radius 3 is 1.75 bits per heavy atom. The summed E-state index contributed by atoms with van der Waals surface area (Å²) in [6, 6.07) is 46.9. The van der Waals surface area contributed by atoms with Crippen molar-refractivity contribution in [2.75, 3.05) is 0 Å². The number of fused-ring (bicyclic) bond motifs is 2. The maximum Gasteiger partial charge on any atom is -0.0279 e. The first-order chi connectivity index (χ1) is 15.9. The van der Waals surface area contributed by atoms with E-state index in [4.69, 9.17) is 0 Å². The predicted octanol–water partition coefficient (Wildman–Crippen LogP) is 9.81. The third-order valence-electron chi connectivity index (χ3n) is 5.49. The summed E-state index contributed by atoms with van der Waals surface area (Å²) in [7, 11) is 0. The van der Waals surface area contributed by atoms with Crippen LogP contribution in [0.2, 0.25) is 0 Å². The SMILES string of the molecule is Cl.Cl.[CH3-].[CH3-].[Si]=[Zr].c1ccc(-c2cc3ccccc3[cH-]2)cc1.c1ccc(-c2cccc3[cH-]ccc23)cc1. The first-order valence-electron chi connectivity index (χ1n) is 10.5. The van der Waals surface area contributed by atoms with Gasteiger partial charge in [-0.2, -0.15) is 12.1 Å². The molecule has 0 bridgehead atoms. The maximum atomic E-state index is 3.06. The van der Waals surface area contributed by atoms with Crippen molar-refractivity contribution < 1.29 is 23.3 Å². The zero-order valence-corrected chi connectivity index (χ0v) is 25.6. The second kappa shape index (κ2) is 17.3. The largest absolute Gasteiger partial charge is 0.168 e. The molecule has 4 heteroatoms. The van der Waals surface area contributed by atoms with Crippen LogP contribution in [0.25, 0.3) is 43.8 Å². The van der Waals surface area contributed by atoms with Gasteiger partial charge in [-0.15, -0.1) is 88.3 Å². The molecule has 0 unspecified atom stereocenters. The Kier molecular flexibility index (Phi) is 16.2. The van der Waals surface area contributed by atoms with E-state index in [2.05, 4.69) is 134 Å². The maximum absolute atomic E-state index is 3.06. The summed E-state index contributed by atoms with van der Waals surface area (Å²) in [5.41, 5.74) is 5.19. The third-order valence-corrected chi connectivity index (χ3v) is 5.49. The Morgan fingerprint density at radius 2 is 1.11 bits per heavy atom. The van der Waals surface area contributed by atoms with Gasteiger partial charge in [-0.1, -0.05) is 96.1 Å². The van der Waals surface area contributed by atoms with Gasteiger partial charge in [0.2, 0.25) is 0 Å². The molecule has 0 N–H and O–H groups in total. The van der Waals surface area contributed by atoms with Crippen molar-refractivity contribution >= 4 is 53.2 Å². The molecule has 2 radical (unpaired) electrons. The van der Waals surface area contributed by atoms with Crippen molar-refractivity contribution in [3.8, 4) is 22.3 Å². The molecule has 36 heavy (non-hydrogen) atoms. The molecule has 0 saturated carbocycles. The minimum atomic E-state index is 0. The van der Waals surface area contributed by atoms with Crippen LogP contribution < -0.4 is 0 Å². The fraction of sp³-hybridized carbons (Fsp3) is 0. The van der Waals surface area contributed by atoms with Gasteiger partial charge in [0, 0.05) is 0 Å². The molecule has 0 aliphatic heterocycles. The van der Waals surface area contributed by atoms with Crippen molar-refractivity contribution in [1.82, 2.24) is 0 Å². The zero-order chi connectivity index (χ0) is 22.2. The van der Waals surface area contributed by atoms with Crippen LogP contribution >= 0.6 is 24.8 Å². The fourth-order valence-corrected chi connectivity index (χ4v) is 3.98. The number of rotatable bonds is 2. The molecule has 0 aromatic heterocycles. The Balaban J connectivity index is 0.000000577. The molecule has 184 valence electrons. The first-order valence-corrected chi connectivity index (χ1v) is 14.7. The van der Waals surface area contributed by atoms with Gasteiger partial charge in [0.25, 0.3) is 0 Å². The van der Waals surface area contributed by atoms with Gasteiger partial charge in [0.15, 0.2) is 0 Å². The van der Waals surface area contributed by atoms with Crippen molar-refractivity contribution in [2.45, 2.75) is 0 Å². The molecule has 0 saturated heterocycles. The van der Waals surface area contributed by atoms with Crippen LogP contribution in [0.4, 0.5) is 0 Å². The number of hydrogen-bond donors (Lipinski definition) is 0. The van der Waals surface area contributed by atoms with Gasteiger partial charge >= 0.3 is 30.2 Å². The number of halogens is 2. The van der Waals surface area contributed by atoms with Crippen LogP contribution in [0, 0.1) is 14.9 Å². The molecule has 0 heterocycles. The van der Waals surface area contributed by atoms with E-state index in [1.54, 1.807) is 0 Å². The Labute approximate surface area is 245 Å². The molecule has 6 aromatic rings. The molecule has 0 spiro atoms. The van der Waals surface area contributed by atoms with Crippen molar-refractivity contribution in [1.29, 1.82) is 0 Å². The number of benzene rings is 4. The van der Waals surface area contributed by atoms with Crippen LogP contribution in [0.1, 0.15) is 0 Å². The molecule has 6 rings (SSSR count). The first kappa shape index (κ1) is 33.8. The summed E-state index contributed by atoms with van der Waals surface area (Å²) < 4.78 is 0. The summed E-state index contributed by atoms with van der Waals surface area (Å²) >= 11 is 1.36. The second-order valence-electron chi connectivity index (χ2n) is 7.44. The van der Waals surface area contributed by atoms with Crippen molar-refractivity contribution in [3.05, 3.63) is 148 Å². The Hall–Kier alpha value is -2.22. The zero-order valence-electron chi connectivity index (χ0n) is 20.5. The average Bonchev–Trinajstić information content (AvgIpc) is 3.54. The van der Waals surface area contributed by atoms with Gasteiger partial charge in [0.1, 0.15) is 0 Å². The van der Waals surface area contributed by atoms with E-state index >= 15 is 0 Å². The summed E-state index contributed by atoms with van der Waals surface area (Å²) in [6.45, 7) is 3.06. The van der Waals surface area contributed by atoms with E-state index < -0.39 is 0 Å². The predicted molar refractivity (Wildman–Crippen MR) is 163 cm³/mol. The average molecular weight is 605 g/mol. The van der Waals surface area contributed by atoms with Gasteiger partial charge in [0.05, 0.1) is 0 Å². The minimum absolute atomic E-state index is 0. The normalized spacial score (nSPS) is 8.97. The summed E-state index contributed by atoms with van der Waals surface area (Å²) in [5, 5.41) is 5.28. The molecule has 0 amide bonds. The second-order valence-corrected chi connectivity index (χ2v) is 7.44. The van der Waals surface area contributed by atoms with Gasteiger partial charge in [-0.25, -0.2) is 0 Å². The van der Waals surface area contributed by atoms with Gasteiger partial charge in [-0.3, -0.25) is 0 Å². The van der Waals surface area contributed by atoms with E-state index in [9.17, 15) is 0 Å². The molecule has 0 fully saturated rings. The topological polar surface area (TPSA) is 0 Å². The molecule has 0 nitrogen and oxygen atoms in total. The smallest absolute Gasteiger partial charge is 0.0279 e. The van der Waals surface area contributed by atoms with E-state index in [0.29, 0.717) is 0 Å². The standard InChI is InChI=1S/2C15H11.2CH3.2ClH.Si.Zr/c1-2-6-12(7-3-1)14-10-4-8-13-9-5-11-15(13)14;1-2-6-12(7-3-1)15-10-13-8-4-5-9-14(13)11-15;;;;;;/h2*1-11H;2*1H3;2*1H;;/q4*-1;;;;. The Morgan fingerprint density at radius 1 is 0.556 bits per heavy atom. The van der Waals surface area contributed by atoms with Gasteiger partial charge in [-0.05, 0) is 5.56 Å². The fourth-order valence-electron chi connectivity index (χ4n) is 3.98. The van der Waals surface area contributed by atoms with Crippen LogP contribution in [0.15, 0.2) is 133 Å². The molecular formula is C32H30Cl2SiZr-4. The van der Waals surface area contributed by atoms with E-state index in [-0.39, 0.29) is 39.7 Å². The van der Waals surface area contributed by atoms with E-state index in [1.165, 1.54) is 67.1 Å². The quantitative estimate of drug-likeness (QED) is 0.136. The van der Waals surface area contributed by atoms with E-state index in [1.807, 2.05) is 6.07 Å². The van der Waals surface area contributed by atoms with Crippen molar-refractivity contribution in [3.63, 3.8) is 0 Å². The van der Waals surface area contributed by atoms with Crippen molar-refractivity contribution in [2.24, 2.45) is 0 Å². The molecular weight excluding hydrogens is 575 g/mol. The minimum Gasteiger partial charge on any atom is -0.168 e. The Bertz CT molecular complexity index is 1370. The monoisotopic (exact) mass is 602 g/mol. The van der Waals surface area contributed by atoms with E-state index in [0.717, 1.165) is 0 Å². The van der Waals surface area contributed by atoms with Crippen LogP contribution in [-0.4, -0.2) is 6.88 Å². The van der Waals surface area contributed by atoms with Crippen LogP contribution in [0.3, 0.4) is 0 Å². The van der Waals surface area contributed by atoms with Crippen LogP contribution in [0.5, 0.6) is 0 Å². The molecule has 0 atom stereocenters. The molecule has 0 aliphatic carbocycles. The summed E-state index contributed by atoms with van der Waals surface area (Å²) in [5.74, 6) is 0. The van der Waals surface area contributed by atoms with Crippen LogP contribution in [-0.2, 0) is 23.3 Å². The number of hydrogen-bond acceptors (Lipinski definition) is 0. The molecule has 0 aliphatic rings. The van der Waals surface area contributed by atoms with Gasteiger partial charge < -0.3 is 14.9 Å². The molecule has 6 aromatic carbocycles. The summed E-state index contributed by atoms with van der Waals surface area (Å²) in [4.78, 5) is 0. The third kappa shape index (κ3) is 8.15. The summed E-state index contributed by atoms with van der Waals surface area (Å²) in [6.07, 6.45) is 0.